The van der Waals surface area contributed by atoms with Crippen LogP contribution in [0, 0.1) is 12.3 Å². The summed E-state index contributed by atoms with van der Waals surface area (Å²) >= 11 is 0. The van der Waals surface area contributed by atoms with Crippen molar-refractivity contribution in [2.75, 3.05) is 12.4 Å². The van der Waals surface area contributed by atoms with Gasteiger partial charge in [0.05, 0.1) is 12.4 Å². The zero-order valence-electron chi connectivity index (χ0n) is 18.8. The van der Waals surface area contributed by atoms with Gasteiger partial charge in [0.2, 0.25) is 0 Å². The molecule has 11 nitrogen and oxygen atoms in total. The van der Waals surface area contributed by atoms with E-state index in [9.17, 15) is 9.59 Å². The van der Waals surface area contributed by atoms with Gasteiger partial charge in [0, 0.05) is 27.0 Å². The highest BCUT2D eigenvalue weighted by Gasteiger charge is 2.50. The minimum absolute atomic E-state index is 0.246. The van der Waals surface area contributed by atoms with Gasteiger partial charge in [-0.25, -0.2) is 15.0 Å². The molecule has 4 rings (SSSR count). The molecule has 2 fully saturated rings. The summed E-state index contributed by atoms with van der Waals surface area (Å²) in [5.41, 5.74) is 1.02. The second-order valence-corrected chi connectivity index (χ2v) is 8.16. The van der Waals surface area contributed by atoms with Crippen LogP contribution in [0.25, 0.3) is 11.2 Å². The fourth-order valence-corrected chi connectivity index (χ4v) is 4.42. The molecule has 176 valence electrons. The summed E-state index contributed by atoms with van der Waals surface area (Å²) in [6, 6.07) is 0.246. The first-order chi connectivity index (χ1) is 15.9. The number of methoxy groups -OCH3 is 1. The lowest BCUT2D eigenvalue weighted by atomic mass is 9.93. The SMILES string of the molecule is C#C[C@H]1O[C@@H](n2cnc3c(NC4CCC(OC)CC4)ncnc32)[C@H](OC(C)=O)[C@@H]1OC(C)=O. The third-order valence-electron chi connectivity index (χ3n) is 5.94. The molecule has 2 aromatic rings. The number of anilines is 1. The summed E-state index contributed by atoms with van der Waals surface area (Å²) in [7, 11) is 1.74. The Bertz CT molecular complexity index is 1060. The van der Waals surface area contributed by atoms with Crippen LogP contribution in [0.3, 0.4) is 0 Å². The van der Waals surface area contributed by atoms with Crippen molar-refractivity contribution in [2.45, 2.75) is 76.2 Å². The highest BCUT2D eigenvalue weighted by Crippen LogP contribution is 2.36. The van der Waals surface area contributed by atoms with Gasteiger partial charge in [-0.3, -0.25) is 14.2 Å². The van der Waals surface area contributed by atoms with E-state index in [0.29, 0.717) is 23.1 Å². The molecule has 2 aliphatic rings. The number of hydrogen-bond acceptors (Lipinski definition) is 10. The van der Waals surface area contributed by atoms with E-state index >= 15 is 0 Å². The van der Waals surface area contributed by atoms with Crippen molar-refractivity contribution in [2.24, 2.45) is 0 Å². The lowest BCUT2D eigenvalue weighted by Crippen LogP contribution is -2.38. The predicted molar refractivity (Wildman–Crippen MR) is 116 cm³/mol. The smallest absolute Gasteiger partial charge is 0.303 e. The van der Waals surface area contributed by atoms with Crippen molar-refractivity contribution in [3.63, 3.8) is 0 Å². The summed E-state index contributed by atoms with van der Waals surface area (Å²) in [6.07, 6.45) is 8.98. The van der Waals surface area contributed by atoms with E-state index in [1.54, 1.807) is 11.7 Å². The number of hydrogen-bond donors (Lipinski definition) is 1. The van der Waals surface area contributed by atoms with Crippen molar-refractivity contribution < 1.29 is 28.5 Å². The lowest BCUT2D eigenvalue weighted by molar-refractivity contribution is -0.165. The zero-order chi connectivity index (χ0) is 23.5. The van der Waals surface area contributed by atoms with Gasteiger partial charge in [-0.15, -0.1) is 6.42 Å². The van der Waals surface area contributed by atoms with E-state index in [1.165, 1.54) is 26.5 Å². The van der Waals surface area contributed by atoms with Gasteiger partial charge in [0.1, 0.15) is 6.33 Å². The second-order valence-electron chi connectivity index (χ2n) is 8.16. The van der Waals surface area contributed by atoms with E-state index < -0.39 is 36.5 Å². The Morgan fingerprint density at radius 3 is 2.45 bits per heavy atom. The number of nitrogens with one attached hydrogen (secondary N) is 1. The van der Waals surface area contributed by atoms with Crippen LogP contribution >= 0.6 is 0 Å². The topological polar surface area (TPSA) is 127 Å². The molecule has 0 amide bonds. The summed E-state index contributed by atoms with van der Waals surface area (Å²) < 4.78 is 23.8. The van der Waals surface area contributed by atoms with Crippen LogP contribution in [0.1, 0.15) is 45.8 Å². The Morgan fingerprint density at radius 2 is 1.82 bits per heavy atom. The van der Waals surface area contributed by atoms with Crippen LogP contribution in [0.2, 0.25) is 0 Å². The van der Waals surface area contributed by atoms with Gasteiger partial charge in [-0.05, 0) is 25.7 Å². The molecule has 33 heavy (non-hydrogen) atoms. The van der Waals surface area contributed by atoms with Crippen LogP contribution in [-0.4, -0.2) is 69.0 Å². The Balaban J connectivity index is 1.62. The molecule has 1 N–H and O–H groups in total. The van der Waals surface area contributed by atoms with Gasteiger partial charge < -0.3 is 24.3 Å². The molecule has 0 radical (unpaired) electrons. The van der Waals surface area contributed by atoms with Gasteiger partial charge in [0.15, 0.2) is 41.5 Å². The number of aromatic nitrogens is 4. The molecule has 2 aromatic heterocycles. The quantitative estimate of drug-likeness (QED) is 0.505. The summed E-state index contributed by atoms with van der Waals surface area (Å²) in [5.74, 6) is 1.94. The fourth-order valence-electron chi connectivity index (χ4n) is 4.42. The molecule has 4 atom stereocenters. The maximum atomic E-state index is 11.8. The Kier molecular flexibility index (Phi) is 6.76. The molecule has 3 heterocycles. The third kappa shape index (κ3) is 4.77. The van der Waals surface area contributed by atoms with Gasteiger partial charge >= 0.3 is 11.9 Å². The number of esters is 2. The van der Waals surface area contributed by atoms with Gasteiger partial charge in [-0.1, -0.05) is 5.92 Å². The molecule has 0 aromatic carbocycles. The predicted octanol–water partition coefficient (Wildman–Crippen LogP) is 1.59. The number of terminal acetylenes is 1. The highest BCUT2D eigenvalue weighted by molar-refractivity contribution is 5.83. The van der Waals surface area contributed by atoms with E-state index in [2.05, 4.69) is 26.2 Å². The lowest BCUT2D eigenvalue weighted by Gasteiger charge is -2.28. The molecule has 0 unspecified atom stereocenters. The number of carbonyl (C=O) groups excluding carboxylic acids is 2. The second kappa shape index (κ2) is 9.72. The number of fused-ring (bicyclic) bond motifs is 1. The van der Waals surface area contributed by atoms with E-state index in [0.717, 1.165) is 25.7 Å². The van der Waals surface area contributed by atoms with E-state index in [4.69, 9.17) is 25.4 Å². The average molecular weight is 457 g/mol. The Hall–Kier alpha value is -3.23. The first-order valence-corrected chi connectivity index (χ1v) is 10.8. The highest BCUT2D eigenvalue weighted by atomic mass is 16.6. The summed E-state index contributed by atoms with van der Waals surface area (Å²) in [4.78, 5) is 36.6. The average Bonchev–Trinajstić information content (AvgIpc) is 3.36. The van der Waals surface area contributed by atoms with Crippen LogP contribution in [0.5, 0.6) is 0 Å². The number of rotatable bonds is 6. The minimum atomic E-state index is -0.972. The number of carbonyl (C=O) groups is 2. The molecule has 1 aliphatic heterocycles. The fraction of sp³-hybridized carbons (Fsp3) is 0.591. The van der Waals surface area contributed by atoms with Gasteiger partial charge in [0.25, 0.3) is 0 Å². The van der Waals surface area contributed by atoms with Crippen molar-refractivity contribution >= 4 is 28.9 Å². The van der Waals surface area contributed by atoms with Crippen LogP contribution in [0.4, 0.5) is 5.82 Å². The molecule has 1 aliphatic carbocycles. The molecule has 1 saturated carbocycles. The van der Waals surface area contributed by atoms with Crippen molar-refractivity contribution in [3.8, 4) is 12.3 Å². The summed E-state index contributed by atoms with van der Waals surface area (Å²) in [6.45, 7) is 2.52. The van der Waals surface area contributed by atoms with Crippen LogP contribution < -0.4 is 5.32 Å². The molecule has 1 saturated heterocycles. The van der Waals surface area contributed by atoms with Crippen molar-refractivity contribution in [1.82, 2.24) is 19.5 Å². The normalized spacial score (nSPS) is 29.4. The van der Waals surface area contributed by atoms with Crippen molar-refractivity contribution in [1.29, 1.82) is 0 Å². The third-order valence-corrected chi connectivity index (χ3v) is 5.94. The first kappa shape index (κ1) is 22.9. The monoisotopic (exact) mass is 457 g/mol. The molecule has 11 heteroatoms. The number of imidazole rings is 1. The Morgan fingerprint density at radius 1 is 1.12 bits per heavy atom. The standard InChI is InChI=1S/C22H27N5O6/c1-5-16-18(31-12(2)28)19(32-13(3)29)22(33-16)27-11-25-17-20(23-10-24-21(17)27)26-14-6-8-15(30-4)9-7-14/h1,10-11,14-16,18-19,22H,6-9H2,2-4H3,(H,23,24,26)/t14?,15?,16-,18-,19-,22-/m1/s1. The molecule has 0 spiro atoms. The maximum Gasteiger partial charge on any atom is 0.303 e. The maximum absolute atomic E-state index is 11.8. The van der Waals surface area contributed by atoms with E-state index in [-0.39, 0.29) is 6.04 Å². The molecular formula is C22H27N5O6. The zero-order valence-corrected chi connectivity index (χ0v) is 18.8. The summed E-state index contributed by atoms with van der Waals surface area (Å²) in [5, 5.41) is 3.46. The van der Waals surface area contributed by atoms with Crippen LogP contribution in [0.15, 0.2) is 12.7 Å². The van der Waals surface area contributed by atoms with Crippen molar-refractivity contribution in [3.05, 3.63) is 12.7 Å². The number of nitrogens with zero attached hydrogens (tertiary/aromatic N) is 4. The van der Waals surface area contributed by atoms with E-state index in [1.807, 2.05) is 0 Å². The van der Waals surface area contributed by atoms with Crippen LogP contribution in [-0.2, 0) is 28.5 Å². The largest absolute Gasteiger partial charge is 0.455 e. The Labute approximate surface area is 191 Å². The molecule has 0 bridgehead atoms. The first-order valence-electron chi connectivity index (χ1n) is 10.8. The van der Waals surface area contributed by atoms with Gasteiger partial charge in [-0.2, -0.15) is 0 Å². The minimum Gasteiger partial charge on any atom is -0.455 e. The number of ether oxygens (including phenoxy) is 4. The molecular weight excluding hydrogens is 430 g/mol.